The first-order valence-corrected chi connectivity index (χ1v) is 7.37. The van der Waals surface area contributed by atoms with Gasteiger partial charge in [-0.2, -0.15) is 0 Å². The van der Waals surface area contributed by atoms with Gasteiger partial charge in [-0.05, 0) is 36.2 Å². The molecule has 1 N–H and O–H groups in total. The number of phenolic OH excluding ortho intramolecular Hbond substituents is 1. The molecule has 0 bridgehead atoms. The van der Waals surface area contributed by atoms with Crippen molar-refractivity contribution < 1.29 is 9.84 Å². The normalized spacial score (nSPS) is 21.5. The molecule has 0 amide bonds. The zero-order chi connectivity index (χ0) is 13.2. The molecule has 98 valence electrons. The predicted octanol–water partition coefficient (Wildman–Crippen LogP) is 4.40. The van der Waals surface area contributed by atoms with Crippen LogP contribution in [-0.2, 0) is 0 Å². The molecule has 0 aromatic heterocycles. The van der Waals surface area contributed by atoms with E-state index in [1.54, 1.807) is 12.1 Å². The lowest BCUT2D eigenvalue weighted by Gasteiger charge is -2.32. The second-order valence-corrected chi connectivity index (χ2v) is 5.92. The summed E-state index contributed by atoms with van der Waals surface area (Å²) in [6.07, 6.45) is 1.09. The van der Waals surface area contributed by atoms with Gasteiger partial charge in [-0.3, -0.25) is 0 Å². The van der Waals surface area contributed by atoms with E-state index < -0.39 is 0 Å². The van der Waals surface area contributed by atoms with E-state index in [1.807, 2.05) is 42.1 Å². The van der Waals surface area contributed by atoms with E-state index in [2.05, 4.69) is 13.0 Å². The molecule has 3 rings (SSSR count). The molecule has 1 aliphatic rings. The maximum Gasteiger partial charge on any atom is 0.136 e. The minimum absolute atomic E-state index is 0.0468. The van der Waals surface area contributed by atoms with E-state index >= 15 is 0 Å². The van der Waals surface area contributed by atoms with E-state index in [9.17, 15) is 5.11 Å². The van der Waals surface area contributed by atoms with Gasteiger partial charge < -0.3 is 9.84 Å². The standard InChI is InChI=1S/C16H16O2S/c1-2-14-16(11-7-9-12(17)10-8-11)18-13-5-3-4-6-15(13)19-14/h3-10,14,16-17H,2H2,1H3. The molecule has 0 fully saturated rings. The third-order valence-electron chi connectivity index (χ3n) is 3.34. The molecule has 2 atom stereocenters. The summed E-state index contributed by atoms with van der Waals surface area (Å²) < 4.78 is 6.16. The Kier molecular flexibility index (Phi) is 3.38. The predicted molar refractivity (Wildman–Crippen MR) is 77.9 cm³/mol. The Morgan fingerprint density at radius 2 is 1.84 bits per heavy atom. The summed E-state index contributed by atoms with van der Waals surface area (Å²) in [5.41, 5.74) is 1.12. The van der Waals surface area contributed by atoms with Gasteiger partial charge in [-0.25, -0.2) is 0 Å². The first-order chi connectivity index (χ1) is 9.28. The van der Waals surface area contributed by atoms with Crippen LogP contribution in [0.5, 0.6) is 11.5 Å². The zero-order valence-corrected chi connectivity index (χ0v) is 11.6. The Balaban J connectivity index is 1.95. The van der Waals surface area contributed by atoms with Gasteiger partial charge in [-0.1, -0.05) is 31.2 Å². The van der Waals surface area contributed by atoms with Gasteiger partial charge in [0, 0.05) is 4.90 Å². The first kappa shape index (κ1) is 12.4. The van der Waals surface area contributed by atoms with Gasteiger partial charge in [0.25, 0.3) is 0 Å². The van der Waals surface area contributed by atoms with Crippen LogP contribution in [0.2, 0.25) is 0 Å². The van der Waals surface area contributed by atoms with Crippen molar-refractivity contribution in [2.24, 2.45) is 0 Å². The molecule has 0 aliphatic carbocycles. The second-order valence-electron chi connectivity index (χ2n) is 4.64. The number of phenols is 1. The van der Waals surface area contributed by atoms with Crippen LogP contribution in [0.25, 0.3) is 0 Å². The largest absolute Gasteiger partial charge is 0.508 e. The summed E-state index contributed by atoms with van der Waals surface area (Å²) in [4.78, 5) is 1.21. The minimum atomic E-state index is 0.0468. The van der Waals surface area contributed by atoms with Crippen LogP contribution in [0.4, 0.5) is 0 Å². The van der Waals surface area contributed by atoms with Crippen LogP contribution in [0.1, 0.15) is 25.0 Å². The minimum Gasteiger partial charge on any atom is -0.508 e. The Morgan fingerprint density at radius 1 is 1.11 bits per heavy atom. The molecule has 1 aliphatic heterocycles. The van der Waals surface area contributed by atoms with Gasteiger partial charge >= 0.3 is 0 Å². The Hall–Kier alpha value is -1.61. The highest BCUT2D eigenvalue weighted by Gasteiger charge is 2.30. The quantitative estimate of drug-likeness (QED) is 0.878. The lowest BCUT2D eigenvalue weighted by Crippen LogP contribution is -2.24. The summed E-state index contributed by atoms with van der Waals surface area (Å²) in [6, 6.07) is 15.5. The van der Waals surface area contributed by atoms with Gasteiger partial charge in [0.15, 0.2) is 0 Å². The van der Waals surface area contributed by atoms with Crippen molar-refractivity contribution in [1.82, 2.24) is 0 Å². The van der Waals surface area contributed by atoms with Crippen molar-refractivity contribution in [2.45, 2.75) is 29.6 Å². The molecule has 0 radical (unpaired) electrons. The smallest absolute Gasteiger partial charge is 0.136 e. The molecule has 0 saturated carbocycles. The molecule has 0 saturated heterocycles. The lowest BCUT2D eigenvalue weighted by molar-refractivity contribution is 0.188. The average molecular weight is 272 g/mol. The van der Waals surface area contributed by atoms with Crippen LogP contribution in [0, 0.1) is 0 Å². The SMILES string of the molecule is CCC1Sc2ccccc2OC1c1ccc(O)cc1. The Morgan fingerprint density at radius 3 is 2.58 bits per heavy atom. The molecular formula is C16H16O2S. The topological polar surface area (TPSA) is 29.5 Å². The third-order valence-corrected chi connectivity index (χ3v) is 4.82. The van der Waals surface area contributed by atoms with E-state index in [-0.39, 0.29) is 6.10 Å². The molecule has 1 heterocycles. The summed E-state index contributed by atoms with van der Waals surface area (Å²) in [6.45, 7) is 2.18. The van der Waals surface area contributed by atoms with Gasteiger partial charge in [0.1, 0.15) is 17.6 Å². The molecule has 2 aromatic carbocycles. The Bertz CT molecular complexity index is 565. The van der Waals surface area contributed by atoms with Crippen molar-refractivity contribution in [2.75, 3.05) is 0 Å². The number of thioether (sulfide) groups is 1. The van der Waals surface area contributed by atoms with Crippen LogP contribution in [0.3, 0.4) is 0 Å². The number of fused-ring (bicyclic) bond motifs is 1. The number of aromatic hydroxyl groups is 1. The van der Waals surface area contributed by atoms with Crippen LogP contribution in [0.15, 0.2) is 53.4 Å². The van der Waals surface area contributed by atoms with Crippen molar-refractivity contribution >= 4 is 11.8 Å². The van der Waals surface area contributed by atoms with Gasteiger partial charge in [-0.15, -0.1) is 11.8 Å². The molecule has 3 heteroatoms. The van der Waals surface area contributed by atoms with Crippen LogP contribution >= 0.6 is 11.8 Å². The molecular weight excluding hydrogens is 256 g/mol. The van der Waals surface area contributed by atoms with Crippen LogP contribution in [-0.4, -0.2) is 10.4 Å². The number of hydrogen-bond acceptors (Lipinski definition) is 3. The molecule has 2 unspecified atom stereocenters. The van der Waals surface area contributed by atoms with Crippen LogP contribution < -0.4 is 4.74 Å². The number of ether oxygens (including phenoxy) is 1. The highest BCUT2D eigenvalue weighted by molar-refractivity contribution is 8.00. The van der Waals surface area contributed by atoms with Crippen molar-refractivity contribution in [3.05, 3.63) is 54.1 Å². The summed E-state index contributed by atoms with van der Waals surface area (Å²) >= 11 is 1.88. The fraction of sp³-hybridized carbons (Fsp3) is 0.250. The molecule has 2 nitrogen and oxygen atoms in total. The number of hydrogen-bond donors (Lipinski definition) is 1. The summed E-state index contributed by atoms with van der Waals surface area (Å²) in [5.74, 6) is 1.25. The third kappa shape index (κ3) is 2.43. The highest BCUT2D eigenvalue weighted by Crippen LogP contribution is 2.46. The van der Waals surface area contributed by atoms with Gasteiger partial charge in [0.2, 0.25) is 0 Å². The maximum atomic E-state index is 9.39. The Labute approximate surface area is 117 Å². The number of rotatable bonds is 2. The van der Waals surface area contributed by atoms with E-state index in [4.69, 9.17) is 4.74 Å². The second kappa shape index (κ2) is 5.17. The lowest BCUT2D eigenvalue weighted by atomic mass is 10.0. The zero-order valence-electron chi connectivity index (χ0n) is 10.7. The average Bonchev–Trinajstić information content (AvgIpc) is 2.46. The molecule has 2 aromatic rings. The van der Waals surface area contributed by atoms with E-state index in [0.717, 1.165) is 17.7 Å². The number of benzene rings is 2. The van der Waals surface area contributed by atoms with E-state index in [1.165, 1.54) is 4.90 Å². The van der Waals surface area contributed by atoms with Gasteiger partial charge in [0.05, 0.1) is 5.25 Å². The summed E-state index contributed by atoms with van der Waals surface area (Å²) in [7, 11) is 0. The monoisotopic (exact) mass is 272 g/mol. The fourth-order valence-electron chi connectivity index (χ4n) is 2.33. The maximum absolute atomic E-state index is 9.39. The van der Waals surface area contributed by atoms with Crippen molar-refractivity contribution in [3.63, 3.8) is 0 Å². The summed E-state index contributed by atoms with van der Waals surface area (Å²) in [5, 5.41) is 9.79. The van der Waals surface area contributed by atoms with E-state index in [0.29, 0.717) is 11.0 Å². The molecule has 0 spiro atoms. The van der Waals surface area contributed by atoms with Crippen molar-refractivity contribution in [1.29, 1.82) is 0 Å². The highest BCUT2D eigenvalue weighted by atomic mass is 32.2. The number of para-hydroxylation sites is 1. The van der Waals surface area contributed by atoms with Crippen molar-refractivity contribution in [3.8, 4) is 11.5 Å². The molecule has 19 heavy (non-hydrogen) atoms. The fourth-order valence-corrected chi connectivity index (χ4v) is 3.55. The first-order valence-electron chi connectivity index (χ1n) is 6.49.